The Bertz CT molecular complexity index is 283. The van der Waals surface area contributed by atoms with Crippen LogP contribution in [0.2, 0.25) is 0 Å². The number of nitrogens with two attached hydrogens (primary N) is 1. The Morgan fingerprint density at radius 2 is 2.14 bits per heavy atom. The van der Waals surface area contributed by atoms with E-state index in [1.54, 1.807) is 6.20 Å². The van der Waals surface area contributed by atoms with Crippen molar-refractivity contribution < 1.29 is 0 Å². The van der Waals surface area contributed by atoms with Crippen LogP contribution < -0.4 is 5.73 Å². The molecule has 1 unspecified atom stereocenters. The average molecular weight is 195 g/mol. The van der Waals surface area contributed by atoms with Gasteiger partial charge in [-0.3, -0.25) is 0 Å². The number of rotatable bonds is 3. The summed E-state index contributed by atoms with van der Waals surface area (Å²) in [5.74, 6) is 1.25. The van der Waals surface area contributed by atoms with Crippen molar-refractivity contribution in [3.63, 3.8) is 0 Å². The quantitative estimate of drug-likeness (QED) is 0.805. The summed E-state index contributed by atoms with van der Waals surface area (Å²) in [4.78, 5) is 4.01. The highest BCUT2D eigenvalue weighted by molar-refractivity contribution is 5.16. The Morgan fingerprint density at radius 3 is 2.57 bits per heavy atom. The van der Waals surface area contributed by atoms with Gasteiger partial charge in [-0.05, 0) is 17.8 Å². The lowest BCUT2D eigenvalue weighted by Gasteiger charge is -2.23. The summed E-state index contributed by atoms with van der Waals surface area (Å²) in [6, 6.07) is 0. The molecule has 0 aliphatic carbocycles. The van der Waals surface area contributed by atoms with Crippen LogP contribution in [-0.4, -0.2) is 9.55 Å². The first-order chi connectivity index (χ1) is 6.38. The van der Waals surface area contributed by atoms with Crippen LogP contribution in [0.25, 0.3) is 0 Å². The van der Waals surface area contributed by atoms with Crippen LogP contribution in [0.4, 0.5) is 5.95 Å². The van der Waals surface area contributed by atoms with E-state index in [4.69, 9.17) is 5.73 Å². The van der Waals surface area contributed by atoms with Gasteiger partial charge in [0.05, 0.1) is 0 Å². The third kappa shape index (κ3) is 3.40. The van der Waals surface area contributed by atoms with Crippen LogP contribution in [0.15, 0.2) is 12.4 Å². The van der Waals surface area contributed by atoms with Crippen molar-refractivity contribution in [1.82, 2.24) is 9.55 Å². The molecule has 0 amide bonds. The van der Waals surface area contributed by atoms with Gasteiger partial charge < -0.3 is 10.3 Å². The number of hydrogen-bond donors (Lipinski definition) is 1. The van der Waals surface area contributed by atoms with Gasteiger partial charge >= 0.3 is 0 Å². The van der Waals surface area contributed by atoms with E-state index in [9.17, 15) is 0 Å². The summed E-state index contributed by atoms with van der Waals surface area (Å²) in [5.41, 5.74) is 6.09. The molecular formula is C11H21N3. The van der Waals surface area contributed by atoms with Crippen molar-refractivity contribution in [2.45, 2.75) is 40.7 Å². The minimum absolute atomic E-state index is 0.384. The van der Waals surface area contributed by atoms with Crippen molar-refractivity contribution in [2.24, 2.45) is 11.3 Å². The number of imidazole rings is 1. The van der Waals surface area contributed by atoms with E-state index in [1.165, 1.54) is 6.42 Å². The largest absolute Gasteiger partial charge is 0.369 e. The Labute approximate surface area is 86.3 Å². The minimum Gasteiger partial charge on any atom is -0.369 e. The maximum absolute atomic E-state index is 5.70. The molecule has 1 aromatic heterocycles. The highest BCUT2D eigenvalue weighted by Gasteiger charge is 2.15. The summed E-state index contributed by atoms with van der Waals surface area (Å²) in [6.45, 7) is 10.0. The average Bonchev–Trinajstić information content (AvgIpc) is 2.32. The molecular weight excluding hydrogens is 174 g/mol. The number of anilines is 1. The number of hydrogen-bond acceptors (Lipinski definition) is 2. The third-order valence-corrected chi connectivity index (χ3v) is 2.22. The maximum atomic E-state index is 5.70. The molecule has 2 N–H and O–H groups in total. The highest BCUT2D eigenvalue weighted by Crippen LogP contribution is 2.25. The predicted molar refractivity (Wildman–Crippen MR) is 59.9 cm³/mol. The second-order valence-corrected chi connectivity index (χ2v) is 5.31. The van der Waals surface area contributed by atoms with Crippen LogP contribution in [-0.2, 0) is 6.54 Å². The Kier molecular flexibility index (Phi) is 3.19. The standard InChI is InChI=1S/C11H21N3/c1-9(7-11(2,3)4)8-14-6-5-13-10(14)12/h5-6,9H,7-8H2,1-4H3,(H2,12,13). The lowest BCUT2D eigenvalue weighted by atomic mass is 9.85. The lowest BCUT2D eigenvalue weighted by molar-refractivity contribution is 0.287. The molecule has 0 saturated carbocycles. The summed E-state index contributed by atoms with van der Waals surface area (Å²) >= 11 is 0. The van der Waals surface area contributed by atoms with Gasteiger partial charge in [0.15, 0.2) is 5.95 Å². The van der Waals surface area contributed by atoms with E-state index in [-0.39, 0.29) is 0 Å². The van der Waals surface area contributed by atoms with Crippen molar-refractivity contribution >= 4 is 5.95 Å². The Hall–Kier alpha value is -0.990. The summed E-state index contributed by atoms with van der Waals surface area (Å²) in [5, 5.41) is 0. The van der Waals surface area contributed by atoms with Crippen LogP contribution in [0.5, 0.6) is 0 Å². The van der Waals surface area contributed by atoms with E-state index in [0.717, 1.165) is 6.54 Å². The van der Waals surface area contributed by atoms with Crippen molar-refractivity contribution in [2.75, 3.05) is 5.73 Å². The van der Waals surface area contributed by atoms with Crippen LogP contribution >= 0.6 is 0 Å². The van der Waals surface area contributed by atoms with Gasteiger partial charge in [-0.1, -0.05) is 27.7 Å². The first kappa shape index (κ1) is 11.1. The van der Waals surface area contributed by atoms with Crippen LogP contribution in [0.1, 0.15) is 34.1 Å². The van der Waals surface area contributed by atoms with Gasteiger partial charge in [0.25, 0.3) is 0 Å². The van der Waals surface area contributed by atoms with E-state index >= 15 is 0 Å². The molecule has 14 heavy (non-hydrogen) atoms. The first-order valence-electron chi connectivity index (χ1n) is 5.15. The van der Waals surface area contributed by atoms with Gasteiger partial charge in [-0.2, -0.15) is 0 Å². The second-order valence-electron chi connectivity index (χ2n) is 5.31. The van der Waals surface area contributed by atoms with Gasteiger partial charge in [0, 0.05) is 18.9 Å². The van der Waals surface area contributed by atoms with E-state index in [0.29, 0.717) is 17.3 Å². The predicted octanol–water partition coefficient (Wildman–Crippen LogP) is 2.54. The fraction of sp³-hybridized carbons (Fsp3) is 0.727. The van der Waals surface area contributed by atoms with Crippen LogP contribution in [0, 0.1) is 11.3 Å². The molecule has 80 valence electrons. The zero-order valence-electron chi connectivity index (χ0n) is 9.62. The molecule has 0 aromatic carbocycles. The molecule has 3 heteroatoms. The topological polar surface area (TPSA) is 43.8 Å². The Balaban J connectivity index is 2.50. The molecule has 1 aromatic rings. The van der Waals surface area contributed by atoms with Gasteiger partial charge in [-0.25, -0.2) is 4.98 Å². The second kappa shape index (κ2) is 4.03. The smallest absolute Gasteiger partial charge is 0.200 e. The molecule has 0 spiro atoms. The number of aromatic nitrogens is 2. The molecule has 0 bridgehead atoms. The molecule has 1 heterocycles. The van der Waals surface area contributed by atoms with Crippen molar-refractivity contribution in [1.29, 1.82) is 0 Å². The van der Waals surface area contributed by atoms with E-state index in [1.807, 2.05) is 10.8 Å². The fourth-order valence-corrected chi connectivity index (χ4v) is 1.94. The fourth-order valence-electron chi connectivity index (χ4n) is 1.94. The van der Waals surface area contributed by atoms with Crippen molar-refractivity contribution in [3.8, 4) is 0 Å². The first-order valence-corrected chi connectivity index (χ1v) is 5.15. The molecule has 0 radical (unpaired) electrons. The minimum atomic E-state index is 0.384. The molecule has 0 fully saturated rings. The molecule has 1 atom stereocenters. The van der Waals surface area contributed by atoms with E-state index in [2.05, 4.69) is 32.7 Å². The molecule has 1 rings (SSSR count). The normalized spacial score (nSPS) is 14.3. The van der Waals surface area contributed by atoms with E-state index < -0.39 is 0 Å². The third-order valence-electron chi connectivity index (χ3n) is 2.22. The summed E-state index contributed by atoms with van der Waals surface area (Å²) in [6.07, 6.45) is 4.89. The Morgan fingerprint density at radius 1 is 1.50 bits per heavy atom. The zero-order valence-corrected chi connectivity index (χ0v) is 9.62. The SMILES string of the molecule is CC(Cn1ccnc1N)CC(C)(C)C. The number of nitrogens with zero attached hydrogens (tertiary/aromatic N) is 2. The molecule has 0 saturated heterocycles. The molecule has 0 aliphatic heterocycles. The highest BCUT2D eigenvalue weighted by atomic mass is 15.1. The number of nitrogen functional groups attached to an aromatic ring is 1. The molecule has 3 nitrogen and oxygen atoms in total. The lowest BCUT2D eigenvalue weighted by Crippen LogP contribution is -2.16. The summed E-state index contributed by atoms with van der Waals surface area (Å²) in [7, 11) is 0. The van der Waals surface area contributed by atoms with Crippen molar-refractivity contribution in [3.05, 3.63) is 12.4 Å². The van der Waals surface area contributed by atoms with Gasteiger partial charge in [0.1, 0.15) is 0 Å². The monoisotopic (exact) mass is 195 g/mol. The maximum Gasteiger partial charge on any atom is 0.200 e. The van der Waals surface area contributed by atoms with Crippen LogP contribution in [0.3, 0.4) is 0 Å². The zero-order chi connectivity index (χ0) is 10.8. The summed E-state index contributed by atoms with van der Waals surface area (Å²) < 4.78 is 2.01. The van der Waals surface area contributed by atoms with Gasteiger partial charge in [0.2, 0.25) is 0 Å². The molecule has 0 aliphatic rings. The van der Waals surface area contributed by atoms with Gasteiger partial charge in [-0.15, -0.1) is 0 Å².